The summed E-state index contributed by atoms with van der Waals surface area (Å²) >= 11 is 0. The summed E-state index contributed by atoms with van der Waals surface area (Å²) in [6.07, 6.45) is 8.58. The third kappa shape index (κ3) is 2.31. The van der Waals surface area contributed by atoms with Gasteiger partial charge in [-0.1, -0.05) is 12.2 Å². The smallest absolute Gasteiger partial charge is 0.171 e. The molecule has 1 aliphatic heterocycles. The van der Waals surface area contributed by atoms with E-state index in [1.807, 2.05) is 19.2 Å². The van der Waals surface area contributed by atoms with Crippen LogP contribution in [0.2, 0.25) is 0 Å². The number of rotatable bonds is 2. The molecule has 2 aromatic heterocycles. The Balaban J connectivity index is 1.97. The Morgan fingerprint density at radius 1 is 1.20 bits per heavy atom. The van der Waals surface area contributed by atoms with Gasteiger partial charge in [0.25, 0.3) is 0 Å². The van der Waals surface area contributed by atoms with Crippen molar-refractivity contribution >= 4 is 23.1 Å². The zero-order valence-corrected chi connectivity index (χ0v) is 11.6. The molecule has 0 aliphatic carbocycles. The van der Waals surface area contributed by atoms with Gasteiger partial charge in [-0.3, -0.25) is 4.79 Å². The van der Waals surface area contributed by atoms with Gasteiger partial charge in [-0.05, 0) is 31.4 Å². The summed E-state index contributed by atoms with van der Waals surface area (Å²) in [7, 11) is 1.82. The van der Waals surface area contributed by atoms with Crippen molar-refractivity contribution in [3.8, 4) is 0 Å². The van der Waals surface area contributed by atoms with Crippen molar-refractivity contribution in [2.75, 3.05) is 18.0 Å². The minimum Gasteiger partial charge on any atom is -0.356 e. The number of pyridine rings is 1. The van der Waals surface area contributed by atoms with Gasteiger partial charge in [0, 0.05) is 25.5 Å². The van der Waals surface area contributed by atoms with Gasteiger partial charge >= 0.3 is 0 Å². The predicted molar refractivity (Wildman–Crippen MR) is 79.1 cm³/mol. The lowest BCUT2D eigenvalue weighted by atomic mass is 10.2. The summed E-state index contributed by atoms with van der Waals surface area (Å²) < 4.78 is 1.67. The van der Waals surface area contributed by atoms with E-state index in [-0.39, 0.29) is 0 Å². The number of carbonyl (C=O) groups is 1. The van der Waals surface area contributed by atoms with Crippen molar-refractivity contribution in [3.63, 3.8) is 0 Å². The number of aryl methyl sites for hydroxylation is 1. The number of aromatic nitrogens is 3. The third-order valence-corrected chi connectivity index (χ3v) is 3.67. The molecule has 0 fully saturated rings. The summed E-state index contributed by atoms with van der Waals surface area (Å²) in [5.41, 5.74) is 1.22. The van der Waals surface area contributed by atoms with Crippen molar-refractivity contribution in [3.05, 3.63) is 30.0 Å². The summed E-state index contributed by atoms with van der Waals surface area (Å²) in [6.45, 7) is 1.99. The molecule has 0 radical (unpaired) electrons. The topological polar surface area (TPSA) is 51.0 Å². The molecule has 0 N–H and O–H groups in total. The number of hydrogen-bond donors (Lipinski definition) is 0. The standard InChI is InChI=1S/C15H18N4O/c1-18-15-12(13(11-20)17-18)7-8-14(16-15)19-9-5-3-2-4-6-10-19/h2-3,7-8,11H,4-6,9-10H2,1H3. The minimum atomic E-state index is 0.456. The number of aldehydes is 1. The Labute approximate surface area is 117 Å². The highest BCUT2D eigenvalue weighted by atomic mass is 16.1. The van der Waals surface area contributed by atoms with Gasteiger partial charge in [0.15, 0.2) is 11.9 Å². The van der Waals surface area contributed by atoms with Crippen LogP contribution in [0.25, 0.3) is 11.0 Å². The second-order valence-corrected chi connectivity index (χ2v) is 5.06. The number of nitrogens with zero attached hydrogens (tertiary/aromatic N) is 4. The monoisotopic (exact) mass is 270 g/mol. The van der Waals surface area contributed by atoms with Gasteiger partial charge in [-0.15, -0.1) is 0 Å². The quantitative estimate of drug-likeness (QED) is 0.621. The van der Waals surface area contributed by atoms with Crippen LogP contribution < -0.4 is 4.90 Å². The lowest BCUT2D eigenvalue weighted by molar-refractivity contribution is 0.111. The molecule has 5 nitrogen and oxygen atoms in total. The average Bonchev–Trinajstić information content (AvgIpc) is 2.75. The fraction of sp³-hybridized carbons (Fsp3) is 0.400. The van der Waals surface area contributed by atoms with Crippen LogP contribution in [0, 0.1) is 0 Å². The van der Waals surface area contributed by atoms with Crippen LogP contribution in [0.1, 0.15) is 29.8 Å². The first-order valence-corrected chi connectivity index (χ1v) is 6.98. The fourth-order valence-corrected chi connectivity index (χ4v) is 2.62. The molecule has 0 unspecified atom stereocenters. The molecule has 0 spiro atoms. The zero-order chi connectivity index (χ0) is 13.9. The number of carbonyl (C=O) groups excluding carboxylic acids is 1. The third-order valence-electron chi connectivity index (χ3n) is 3.67. The first-order valence-electron chi connectivity index (χ1n) is 6.98. The van der Waals surface area contributed by atoms with Gasteiger partial charge in [0.2, 0.25) is 0 Å². The first kappa shape index (κ1) is 12.8. The van der Waals surface area contributed by atoms with Crippen molar-refractivity contribution in [2.45, 2.75) is 19.3 Å². The van der Waals surface area contributed by atoms with Crippen molar-refractivity contribution < 1.29 is 4.79 Å². The molecule has 0 bridgehead atoms. The largest absolute Gasteiger partial charge is 0.356 e. The van der Waals surface area contributed by atoms with E-state index in [4.69, 9.17) is 0 Å². The first-order chi connectivity index (χ1) is 9.79. The second-order valence-electron chi connectivity index (χ2n) is 5.06. The maximum absolute atomic E-state index is 11.0. The van der Waals surface area contributed by atoms with Crippen LogP contribution in [-0.4, -0.2) is 34.1 Å². The molecule has 20 heavy (non-hydrogen) atoms. The maximum Gasteiger partial charge on any atom is 0.171 e. The average molecular weight is 270 g/mol. The Kier molecular flexibility index (Phi) is 3.50. The SMILES string of the molecule is Cn1nc(C=O)c2ccc(N3CCC=CCCC3)nc21. The predicted octanol–water partition coefficient (Wildman–Crippen LogP) is 2.33. The molecule has 0 saturated carbocycles. The molecule has 2 aromatic rings. The minimum absolute atomic E-state index is 0.456. The van der Waals surface area contributed by atoms with E-state index in [0.717, 1.165) is 55.5 Å². The highest BCUT2D eigenvalue weighted by molar-refractivity contribution is 5.94. The molecule has 3 heterocycles. The van der Waals surface area contributed by atoms with Gasteiger partial charge < -0.3 is 4.90 Å². The normalized spacial score (nSPS) is 16.1. The summed E-state index contributed by atoms with van der Waals surface area (Å²) in [5, 5.41) is 5.00. The lowest BCUT2D eigenvalue weighted by Gasteiger charge is -2.24. The Morgan fingerprint density at radius 2 is 2.05 bits per heavy atom. The number of allylic oxidation sites excluding steroid dienone is 1. The summed E-state index contributed by atoms with van der Waals surface area (Å²) in [4.78, 5) is 18.0. The number of anilines is 1. The van der Waals surface area contributed by atoms with Crippen molar-refractivity contribution in [1.82, 2.24) is 14.8 Å². The highest BCUT2D eigenvalue weighted by Crippen LogP contribution is 2.21. The van der Waals surface area contributed by atoms with Crippen LogP contribution in [0.4, 0.5) is 5.82 Å². The van der Waals surface area contributed by atoms with E-state index in [1.165, 1.54) is 0 Å². The molecule has 0 atom stereocenters. The van der Waals surface area contributed by atoms with E-state index in [9.17, 15) is 4.79 Å². The molecular weight excluding hydrogens is 252 g/mol. The van der Waals surface area contributed by atoms with Crippen LogP contribution in [0.5, 0.6) is 0 Å². The molecule has 0 amide bonds. The van der Waals surface area contributed by atoms with Gasteiger partial charge in [-0.2, -0.15) is 5.10 Å². The molecule has 0 aromatic carbocycles. The van der Waals surface area contributed by atoms with E-state index < -0.39 is 0 Å². The number of hydrogen-bond acceptors (Lipinski definition) is 4. The van der Waals surface area contributed by atoms with E-state index in [1.54, 1.807) is 4.68 Å². The van der Waals surface area contributed by atoms with Crippen LogP contribution in [0.3, 0.4) is 0 Å². The van der Waals surface area contributed by atoms with Gasteiger partial charge in [0.05, 0.1) is 0 Å². The fourth-order valence-electron chi connectivity index (χ4n) is 2.62. The molecular formula is C15H18N4O. The van der Waals surface area contributed by atoms with Crippen LogP contribution in [0.15, 0.2) is 24.3 Å². The molecule has 104 valence electrons. The molecule has 1 aliphatic rings. The van der Waals surface area contributed by atoms with E-state index in [0.29, 0.717) is 5.69 Å². The summed E-state index contributed by atoms with van der Waals surface area (Å²) in [5.74, 6) is 0.966. The highest BCUT2D eigenvalue weighted by Gasteiger charge is 2.13. The molecule has 0 saturated heterocycles. The van der Waals surface area contributed by atoms with Crippen LogP contribution >= 0.6 is 0 Å². The van der Waals surface area contributed by atoms with Crippen molar-refractivity contribution in [2.24, 2.45) is 7.05 Å². The maximum atomic E-state index is 11.0. The zero-order valence-electron chi connectivity index (χ0n) is 11.6. The Morgan fingerprint density at radius 3 is 2.90 bits per heavy atom. The Hall–Kier alpha value is -2.17. The van der Waals surface area contributed by atoms with Gasteiger partial charge in [0.1, 0.15) is 11.5 Å². The Bertz CT molecular complexity index is 659. The summed E-state index contributed by atoms with van der Waals surface area (Å²) in [6, 6.07) is 3.94. The molecule has 3 rings (SSSR count). The van der Waals surface area contributed by atoms with E-state index in [2.05, 4.69) is 27.1 Å². The van der Waals surface area contributed by atoms with Crippen molar-refractivity contribution in [1.29, 1.82) is 0 Å². The lowest BCUT2D eigenvalue weighted by Crippen LogP contribution is -2.27. The number of fused-ring (bicyclic) bond motifs is 1. The van der Waals surface area contributed by atoms with E-state index >= 15 is 0 Å². The van der Waals surface area contributed by atoms with Gasteiger partial charge in [-0.25, -0.2) is 9.67 Å². The second kappa shape index (κ2) is 5.45. The van der Waals surface area contributed by atoms with Crippen LogP contribution in [-0.2, 0) is 7.05 Å². The molecule has 5 heteroatoms.